The second kappa shape index (κ2) is 6.48. The number of hydrogen-bond acceptors (Lipinski definition) is 3. The van der Waals surface area contributed by atoms with Crippen LogP contribution < -0.4 is 0 Å². The molecule has 11 heteroatoms. The molecule has 0 N–H and O–H groups in total. The van der Waals surface area contributed by atoms with Crippen molar-refractivity contribution < 1.29 is 30.4 Å². The largest absolute Gasteiger partial charge is 0.416 e. The number of rotatable bonds is 5. The number of sulfonamides is 1. The number of aromatic nitrogens is 2. The highest BCUT2D eigenvalue weighted by molar-refractivity contribution is 7.89. The van der Waals surface area contributed by atoms with Gasteiger partial charge in [0.1, 0.15) is 5.82 Å². The zero-order chi connectivity index (χ0) is 18.1. The van der Waals surface area contributed by atoms with Gasteiger partial charge in [-0.2, -0.15) is 26.3 Å². The Kier molecular flexibility index (Phi) is 4.95. The van der Waals surface area contributed by atoms with Crippen LogP contribution in [0.2, 0.25) is 0 Å². The summed E-state index contributed by atoms with van der Waals surface area (Å²) in [4.78, 5) is 3.05. The van der Waals surface area contributed by atoms with Gasteiger partial charge in [0.25, 0.3) is 0 Å². The van der Waals surface area contributed by atoms with Crippen molar-refractivity contribution in [1.29, 1.82) is 0 Å². The molecule has 1 aromatic carbocycles. The Morgan fingerprint density at radius 1 is 1.29 bits per heavy atom. The molecule has 1 aromatic heterocycles. The van der Waals surface area contributed by atoms with Gasteiger partial charge < -0.3 is 0 Å². The molecule has 24 heavy (non-hydrogen) atoms. The molecule has 0 aliphatic heterocycles. The fourth-order valence-electron chi connectivity index (χ4n) is 1.94. The highest BCUT2D eigenvalue weighted by atomic mass is 32.2. The zero-order valence-corrected chi connectivity index (χ0v) is 13.0. The van der Waals surface area contributed by atoms with Gasteiger partial charge in [-0.3, -0.25) is 4.57 Å². The monoisotopic (exact) mass is 369 g/mol. The summed E-state index contributed by atoms with van der Waals surface area (Å²) in [7, 11) is -3.24. The predicted molar refractivity (Wildman–Crippen MR) is 73.6 cm³/mol. The normalized spacial score (nSPS) is 13.0. The van der Waals surface area contributed by atoms with Crippen molar-refractivity contribution >= 4 is 10.0 Å². The van der Waals surface area contributed by atoms with Gasteiger partial charge in [0.15, 0.2) is 0 Å². The molecule has 0 unspecified atom stereocenters. The van der Waals surface area contributed by atoms with Crippen molar-refractivity contribution in [2.24, 2.45) is 0 Å². The van der Waals surface area contributed by atoms with E-state index in [2.05, 4.69) is 4.98 Å². The molecule has 5 nitrogen and oxygen atoms in total. The first-order valence-corrected chi connectivity index (χ1v) is 7.91. The first-order valence-electron chi connectivity index (χ1n) is 6.47. The minimum atomic E-state index is -4.70. The van der Waals surface area contributed by atoms with Crippen LogP contribution in [0.3, 0.4) is 0 Å². The van der Waals surface area contributed by atoms with E-state index >= 15 is 0 Å². The van der Waals surface area contributed by atoms with Crippen LogP contribution in [0.5, 0.6) is 0 Å². The minimum absolute atomic E-state index is 0.233. The third-order valence-electron chi connectivity index (χ3n) is 3.19. The van der Waals surface area contributed by atoms with E-state index < -0.39 is 39.8 Å². The summed E-state index contributed by atoms with van der Waals surface area (Å²) in [5.74, 6) is -0.233. The van der Waals surface area contributed by atoms with Gasteiger partial charge in [-0.25, -0.2) is 13.4 Å². The second-order valence-corrected chi connectivity index (χ2v) is 6.86. The zero-order valence-electron chi connectivity index (χ0n) is 12.2. The van der Waals surface area contributed by atoms with Gasteiger partial charge in [0.05, 0.1) is 17.0 Å². The molecular weight excluding hydrogens is 357 g/mol. The van der Waals surface area contributed by atoms with Gasteiger partial charge in [-0.15, -0.1) is 0 Å². The summed E-state index contributed by atoms with van der Waals surface area (Å²) in [6.45, 7) is -3.43. The predicted octanol–water partition coefficient (Wildman–Crippen LogP) is 3.12. The molecule has 0 aliphatic carbocycles. The third-order valence-corrected chi connectivity index (χ3v) is 4.99. The molecule has 0 fully saturated rings. The quantitative estimate of drug-likeness (QED) is 0.761. The Morgan fingerprint density at radius 2 is 1.96 bits per heavy atom. The lowest BCUT2D eigenvalue weighted by molar-refractivity contribution is -0.137. The number of imidazole rings is 1. The smallest absolute Gasteiger partial charge is 0.277 e. The SMILES string of the molecule is CN(Cc1nccn1C(F)F)S(=O)(=O)c1cccc(C(F)(F)F)c1. The molecule has 0 aliphatic rings. The second-order valence-electron chi connectivity index (χ2n) is 4.82. The van der Waals surface area contributed by atoms with Crippen LogP contribution in [-0.4, -0.2) is 29.3 Å². The molecule has 2 rings (SSSR count). The molecule has 2 aromatic rings. The maximum atomic E-state index is 12.7. The Balaban J connectivity index is 2.31. The molecule has 0 saturated heterocycles. The maximum Gasteiger partial charge on any atom is 0.416 e. The van der Waals surface area contributed by atoms with Crippen LogP contribution in [0.25, 0.3) is 0 Å². The highest BCUT2D eigenvalue weighted by Crippen LogP contribution is 2.31. The van der Waals surface area contributed by atoms with E-state index in [0.717, 1.165) is 37.6 Å². The Morgan fingerprint density at radius 3 is 2.54 bits per heavy atom. The molecule has 1 heterocycles. The molecule has 0 radical (unpaired) electrons. The topological polar surface area (TPSA) is 55.2 Å². The van der Waals surface area contributed by atoms with Gasteiger partial charge in [-0.05, 0) is 18.2 Å². The van der Waals surface area contributed by atoms with Crippen LogP contribution >= 0.6 is 0 Å². The lowest BCUT2D eigenvalue weighted by Gasteiger charge is -2.18. The molecule has 0 saturated carbocycles. The maximum absolute atomic E-state index is 12.7. The summed E-state index contributed by atoms with van der Waals surface area (Å²) in [5.41, 5.74) is -1.12. The van der Waals surface area contributed by atoms with Crippen LogP contribution in [0.4, 0.5) is 22.0 Å². The molecule has 0 bridgehead atoms. The summed E-state index contributed by atoms with van der Waals surface area (Å²) in [5, 5.41) is 0. The molecule has 0 spiro atoms. The van der Waals surface area contributed by atoms with Crippen molar-refractivity contribution in [2.45, 2.75) is 24.2 Å². The van der Waals surface area contributed by atoms with Crippen molar-refractivity contribution in [3.05, 3.63) is 48.0 Å². The van der Waals surface area contributed by atoms with E-state index in [0.29, 0.717) is 14.9 Å². The summed E-state index contributed by atoms with van der Waals surface area (Å²) >= 11 is 0. The number of benzene rings is 1. The summed E-state index contributed by atoms with van der Waals surface area (Å²) in [6, 6.07) is 3.19. The Bertz CT molecular complexity index is 817. The molecule has 0 atom stereocenters. The average molecular weight is 369 g/mol. The fraction of sp³-hybridized carbons (Fsp3) is 0.308. The van der Waals surface area contributed by atoms with Crippen molar-refractivity contribution in [2.75, 3.05) is 7.05 Å². The first-order chi connectivity index (χ1) is 11.0. The van der Waals surface area contributed by atoms with Gasteiger partial charge in [0.2, 0.25) is 10.0 Å². The minimum Gasteiger partial charge on any atom is -0.277 e. The van der Waals surface area contributed by atoms with E-state index in [1.807, 2.05) is 0 Å². The summed E-state index contributed by atoms with van der Waals surface area (Å²) in [6.07, 6.45) is -2.65. The van der Waals surface area contributed by atoms with Crippen molar-refractivity contribution in [3.63, 3.8) is 0 Å². The summed E-state index contributed by atoms with van der Waals surface area (Å²) < 4.78 is 89.4. The van der Waals surface area contributed by atoms with Crippen molar-refractivity contribution in [1.82, 2.24) is 13.9 Å². The molecule has 132 valence electrons. The molecule has 0 amide bonds. The lowest BCUT2D eigenvalue weighted by Crippen LogP contribution is -2.28. The van der Waals surface area contributed by atoms with E-state index in [1.54, 1.807) is 0 Å². The van der Waals surface area contributed by atoms with Crippen molar-refractivity contribution in [3.8, 4) is 0 Å². The standard InChI is InChI=1S/C13H12F5N3O2S/c1-20(8-11-19-5-6-21(11)12(14)15)24(22,23)10-4-2-3-9(7-10)13(16,17)18/h2-7,12H,8H2,1H3. The van der Waals surface area contributed by atoms with Crippen LogP contribution in [0, 0.1) is 0 Å². The van der Waals surface area contributed by atoms with Crippen LogP contribution in [0.15, 0.2) is 41.6 Å². The Labute approximate surface area is 134 Å². The third kappa shape index (κ3) is 3.73. The number of nitrogens with zero attached hydrogens (tertiary/aromatic N) is 3. The number of hydrogen-bond donors (Lipinski definition) is 0. The number of alkyl halides is 5. The molecular formula is C13H12F5N3O2S. The van der Waals surface area contributed by atoms with E-state index in [9.17, 15) is 30.4 Å². The highest BCUT2D eigenvalue weighted by Gasteiger charge is 2.32. The van der Waals surface area contributed by atoms with Crippen LogP contribution in [-0.2, 0) is 22.7 Å². The van der Waals surface area contributed by atoms with E-state index in [-0.39, 0.29) is 5.82 Å². The average Bonchev–Trinajstić information content (AvgIpc) is 2.94. The van der Waals surface area contributed by atoms with E-state index in [4.69, 9.17) is 0 Å². The lowest BCUT2D eigenvalue weighted by atomic mass is 10.2. The van der Waals surface area contributed by atoms with Gasteiger partial charge in [-0.1, -0.05) is 6.07 Å². The Hall–Kier alpha value is -2.01. The van der Waals surface area contributed by atoms with E-state index in [1.165, 1.54) is 0 Å². The first kappa shape index (κ1) is 18.3. The van der Waals surface area contributed by atoms with Crippen LogP contribution in [0.1, 0.15) is 17.9 Å². The number of halogens is 5. The van der Waals surface area contributed by atoms with Gasteiger partial charge >= 0.3 is 12.7 Å². The van der Waals surface area contributed by atoms with Gasteiger partial charge in [0, 0.05) is 19.4 Å². The fourth-order valence-corrected chi connectivity index (χ4v) is 3.11.